The van der Waals surface area contributed by atoms with Gasteiger partial charge in [-0.05, 0) is 42.5 Å². The Labute approximate surface area is 176 Å². The minimum atomic E-state index is -0.803. The fourth-order valence-corrected chi connectivity index (χ4v) is 3.73. The molecule has 0 radical (unpaired) electrons. The number of fused-ring (bicyclic) bond motifs is 1. The number of amides is 3. The number of hydrazine groups is 1. The van der Waals surface area contributed by atoms with Crippen molar-refractivity contribution in [2.24, 2.45) is 0 Å². The van der Waals surface area contributed by atoms with E-state index < -0.39 is 17.9 Å². The molecule has 30 heavy (non-hydrogen) atoms. The van der Waals surface area contributed by atoms with Crippen LogP contribution in [0, 0.1) is 0 Å². The first-order valence-electron chi connectivity index (χ1n) is 10.3. The van der Waals surface area contributed by atoms with Gasteiger partial charge in [-0.15, -0.1) is 0 Å². The van der Waals surface area contributed by atoms with Gasteiger partial charge < -0.3 is 4.74 Å². The molecule has 3 amide bonds. The summed E-state index contributed by atoms with van der Waals surface area (Å²) in [6.45, 7) is 5.91. The van der Waals surface area contributed by atoms with Gasteiger partial charge in [0.2, 0.25) is 5.91 Å². The lowest BCUT2D eigenvalue weighted by atomic mass is 9.95. The Morgan fingerprint density at radius 2 is 1.70 bits per heavy atom. The van der Waals surface area contributed by atoms with Crippen LogP contribution in [-0.2, 0) is 27.2 Å². The maximum absolute atomic E-state index is 13.3. The van der Waals surface area contributed by atoms with E-state index in [1.165, 1.54) is 0 Å². The second kappa shape index (κ2) is 9.43. The lowest BCUT2D eigenvalue weighted by Gasteiger charge is -2.23. The number of nitrogens with one attached hydrogen (secondary N) is 2. The fourth-order valence-electron chi connectivity index (χ4n) is 3.73. The van der Waals surface area contributed by atoms with Gasteiger partial charge in [-0.1, -0.05) is 50.2 Å². The molecule has 0 aromatic heterocycles. The second-order valence-corrected chi connectivity index (χ2v) is 7.03. The van der Waals surface area contributed by atoms with E-state index in [2.05, 4.69) is 17.7 Å². The number of alkyl carbamates (subject to hydrolysis) is 1. The first-order valence-corrected chi connectivity index (χ1v) is 10.3. The molecule has 1 aliphatic heterocycles. The minimum Gasteiger partial charge on any atom is -0.450 e. The molecular weight excluding hydrogens is 382 g/mol. The normalized spacial score (nSPS) is 15.0. The number of benzene rings is 2. The fraction of sp³-hybridized carbons (Fsp3) is 0.348. The number of rotatable bonds is 7. The number of hydrogen-bond donors (Lipinski definition) is 2. The molecule has 2 N–H and O–H groups in total. The second-order valence-electron chi connectivity index (χ2n) is 7.03. The number of nitrogens with zero attached hydrogens (tertiary/aromatic N) is 1. The van der Waals surface area contributed by atoms with Crippen LogP contribution in [0.15, 0.2) is 42.5 Å². The third-order valence-corrected chi connectivity index (χ3v) is 5.19. The number of ether oxygens (including phenoxy) is 1. The van der Waals surface area contributed by atoms with Gasteiger partial charge in [0.1, 0.15) is 0 Å². The minimum absolute atomic E-state index is 0.134. The van der Waals surface area contributed by atoms with Crippen molar-refractivity contribution < 1.29 is 19.1 Å². The van der Waals surface area contributed by atoms with E-state index in [0.717, 1.165) is 40.9 Å². The lowest BCUT2D eigenvalue weighted by Crippen LogP contribution is -2.37. The van der Waals surface area contributed by atoms with Crippen LogP contribution in [0.5, 0.6) is 0 Å². The average Bonchev–Trinajstić information content (AvgIpc) is 3.00. The zero-order valence-electron chi connectivity index (χ0n) is 17.5. The number of carbonyl (C=O) groups is 3. The highest BCUT2D eigenvalue weighted by atomic mass is 16.5. The van der Waals surface area contributed by atoms with Crippen molar-refractivity contribution in [2.75, 3.05) is 17.0 Å². The van der Waals surface area contributed by atoms with Gasteiger partial charge in [0.05, 0.1) is 23.9 Å². The van der Waals surface area contributed by atoms with Crippen molar-refractivity contribution >= 4 is 29.3 Å². The summed E-state index contributed by atoms with van der Waals surface area (Å²) < 4.78 is 4.76. The average molecular weight is 409 g/mol. The smallest absolute Gasteiger partial charge is 0.413 e. The maximum Gasteiger partial charge on any atom is 0.413 e. The number of para-hydroxylation sites is 2. The zero-order valence-corrected chi connectivity index (χ0v) is 17.5. The monoisotopic (exact) mass is 409 g/mol. The SMILES string of the molecule is CCOC(=O)NC(=O)CC1C(=O)N(Nc2ccccc2CC)c2c(CC)cccc21. The van der Waals surface area contributed by atoms with Crippen LogP contribution in [-0.4, -0.2) is 24.5 Å². The highest BCUT2D eigenvalue weighted by molar-refractivity contribution is 6.09. The predicted molar refractivity (Wildman–Crippen MR) is 115 cm³/mol. The molecule has 7 nitrogen and oxygen atoms in total. The largest absolute Gasteiger partial charge is 0.450 e. The van der Waals surface area contributed by atoms with E-state index in [9.17, 15) is 14.4 Å². The topological polar surface area (TPSA) is 87.7 Å². The standard InChI is InChI=1S/C23H27N3O4/c1-4-15-10-7-8-13-19(15)25-26-21-16(5-2)11-9-12-17(21)18(22(26)28)14-20(27)24-23(29)30-6-3/h7-13,18,25H,4-6,14H2,1-3H3,(H,24,27,29). The molecule has 1 atom stereocenters. The van der Waals surface area contributed by atoms with Gasteiger partial charge in [0.25, 0.3) is 5.91 Å². The number of hydrogen-bond acceptors (Lipinski definition) is 5. The summed E-state index contributed by atoms with van der Waals surface area (Å²) in [6.07, 6.45) is 0.623. The Hall–Kier alpha value is -3.35. The highest BCUT2D eigenvalue weighted by Gasteiger charge is 2.40. The molecule has 0 bridgehead atoms. The third kappa shape index (κ3) is 4.30. The number of imide groups is 1. The van der Waals surface area contributed by atoms with Gasteiger partial charge >= 0.3 is 6.09 Å². The van der Waals surface area contributed by atoms with Gasteiger partial charge in [0, 0.05) is 6.42 Å². The number of aryl methyl sites for hydroxylation is 2. The van der Waals surface area contributed by atoms with E-state index in [0.29, 0.717) is 0 Å². The van der Waals surface area contributed by atoms with Crippen LogP contribution in [0.1, 0.15) is 49.8 Å². The Morgan fingerprint density at radius 1 is 1.00 bits per heavy atom. The Morgan fingerprint density at radius 3 is 2.40 bits per heavy atom. The molecule has 0 fully saturated rings. The van der Waals surface area contributed by atoms with Gasteiger partial charge in [-0.25, -0.2) is 9.80 Å². The van der Waals surface area contributed by atoms with Gasteiger partial charge in [-0.2, -0.15) is 0 Å². The predicted octanol–water partition coefficient (Wildman–Crippen LogP) is 3.93. The molecule has 2 aromatic rings. The molecule has 0 saturated heterocycles. The highest BCUT2D eigenvalue weighted by Crippen LogP contribution is 2.42. The third-order valence-electron chi connectivity index (χ3n) is 5.19. The van der Waals surface area contributed by atoms with Crippen LogP contribution in [0.3, 0.4) is 0 Å². The molecule has 0 spiro atoms. The van der Waals surface area contributed by atoms with Crippen LogP contribution in [0.4, 0.5) is 16.2 Å². The van der Waals surface area contributed by atoms with Crippen LogP contribution in [0.25, 0.3) is 0 Å². The van der Waals surface area contributed by atoms with E-state index in [1.807, 2.05) is 49.4 Å². The summed E-state index contributed by atoms with van der Waals surface area (Å²) >= 11 is 0. The van der Waals surface area contributed by atoms with E-state index in [1.54, 1.807) is 11.9 Å². The quantitative estimate of drug-likeness (QED) is 0.723. The Balaban J connectivity index is 1.92. The van der Waals surface area contributed by atoms with Crippen molar-refractivity contribution in [1.29, 1.82) is 0 Å². The van der Waals surface area contributed by atoms with E-state index in [-0.39, 0.29) is 18.9 Å². The van der Waals surface area contributed by atoms with Crippen molar-refractivity contribution in [3.8, 4) is 0 Å². The number of anilines is 2. The molecule has 158 valence electrons. The molecule has 0 aliphatic carbocycles. The summed E-state index contributed by atoms with van der Waals surface area (Å²) in [6, 6.07) is 13.6. The first-order chi connectivity index (χ1) is 14.5. The van der Waals surface area contributed by atoms with Gasteiger partial charge in [-0.3, -0.25) is 20.3 Å². The molecule has 1 heterocycles. The lowest BCUT2D eigenvalue weighted by molar-refractivity contribution is -0.125. The van der Waals surface area contributed by atoms with Crippen molar-refractivity contribution in [3.63, 3.8) is 0 Å². The summed E-state index contributed by atoms with van der Waals surface area (Å²) in [7, 11) is 0. The molecule has 0 saturated carbocycles. The van der Waals surface area contributed by atoms with Crippen molar-refractivity contribution in [2.45, 2.75) is 46.0 Å². The summed E-state index contributed by atoms with van der Waals surface area (Å²) in [5.74, 6) is -1.45. The van der Waals surface area contributed by atoms with Crippen molar-refractivity contribution in [3.05, 3.63) is 59.2 Å². The number of carbonyl (C=O) groups excluding carboxylic acids is 3. The van der Waals surface area contributed by atoms with E-state index in [4.69, 9.17) is 4.74 Å². The zero-order chi connectivity index (χ0) is 21.7. The van der Waals surface area contributed by atoms with Crippen LogP contribution in [0.2, 0.25) is 0 Å². The molecule has 2 aromatic carbocycles. The van der Waals surface area contributed by atoms with E-state index >= 15 is 0 Å². The van der Waals surface area contributed by atoms with Crippen LogP contribution >= 0.6 is 0 Å². The summed E-state index contributed by atoms with van der Waals surface area (Å²) in [4.78, 5) is 37.3. The molecular formula is C23H27N3O4. The first kappa shape index (κ1) is 21.4. The summed E-state index contributed by atoms with van der Waals surface area (Å²) in [5, 5.41) is 3.73. The summed E-state index contributed by atoms with van der Waals surface area (Å²) in [5.41, 5.74) is 7.77. The van der Waals surface area contributed by atoms with Crippen molar-refractivity contribution in [1.82, 2.24) is 5.32 Å². The molecule has 3 rings (SSSR count). The Bertz CT molecular complexity index is 957. The molecule has 1 aliphatic rings. The van der Waals surface area contributed by atoms with Gasteiger partial charge in [0.15, 0.2) is 0 Å². The maximum atomic E-state index is 13.3. The van der Waals surface area contributed by atoms with Crippen LogP contribution < -0.4 is 15.8 Å². The molecule has 1 unspecified atom stereocenters. The Kier molecular flexibility index (Phi) is 6.72. The molecule has 7 heteroatoms.